The van der Waals surface area contributed by atoms with Gasteiger partial charge in [0.2, 0.25) is 0 Å². The summed E-state index contributed by atoms with van der Waals surface area (Å²) in [6.45, 7) is 1.71. The Bertz CT molecular complexity index is 1000. The highest BCUT2D eigenvalue weighted by Gasteiger charge is 2.14. The van der Waals surface area contributed by atoms with Crippen LogP contribution < -0.4 is 15.4 Å². The van der Waals surface area contributed by atoms with Crippen molar-refractivity contribution in [3.8, 4) is 5.75 Å². The van der Waals surface area contributed by atoms with Crippen molar-refractivity contribution in [3.63, 3.8) is 0 Å². The van der Waals surface area contributed by atoms with Gasteiger partial charge in [0.05, 0.1) is 12.1 Å². The van der Waals surface area contributed by atoms with Crippen molar-refractivity contribution >= 4 is 34.9 Å². The predicted octanol–water partition coefficient (Wildman–Crippen LogP) is 3.54. The van der Waals surface area contributed by atoms with Crippen LogP contribution in [0.1, 0.15) is 26.6 Å². The smallest absolute Gasteiger partial charge is 0.275 e. The van der Waals surface area contributed by atoms with E-state index in [1.165, 1.54) is 25.4 Å². The number of benzene rings is 1. The lowest BCUT2D eigenvalue weighted by Gasteiger charge is -2.08. The Hall–Kier alpha value is -3.39. The molecule has 2 heterocycles. The van der Waals surface area contributed by atoms with Crippen molar-refractivity contribution in [3.05, 3.63) is 64.6 Å². The number of hydrogen-bond donors (Lipinski definition) is 2. The highest BCUT2D eigenvalue weighted by molar-refractivity contribution is 6.32. The summed E-state index contributed by atoms with van der Waals surface area (Å²) in [6.07, 6.45) is 1.37. The second kappa shape index (κ2) is 7.88. The number of aromatic nitrogens is 2. The van der Waals surface area contributed by atoms with Crippen molar-refractivity contribution in [2.75, 3.05) is 17.7 Å². The molecule has 27 heavy (non-hydrogen) atoms. The van der Waals surface area contributed by atoms with Crippen molar-refractivity contribution in [2.45, 2.75) is 6.92 Å². The quantitative estimate of drug-likeness (QED) is 0.694. The molecule has 0 saturated carbocycles. The third-order valence-corrected chi connectivity index (χ3v) is 3.83. The van der Waals surface area contributed by atoms with Gasteiger partial charge in [-0.25, -0.2) is 0 Å². The molecule has 2 N–H and O–H groups in total. The van der Waals surface area contributed by atoms with Crippen LogP contribution in [0.2, 0.25) is 5.02 Å². The number of pyridine rings is 1. The van der Waals surface area contributed by atoms with E-state index in [4.69, 9.17) is 20.9 Å². The van der Waals surface area contributed by atoms with Crippen LogP contribution in [0, 0.1) is 6.92 Å². The molecule has 0 spiro atoms. The van der Waals surface area contributed by atoms with Crippen LogP contribution in [-0.2, 0) is 0 Å². The van der Waals surface area contributed by atoms with E-state index in [9.17, 15) is 9.59 Å². The summed E-state index contributed by atoms with van der Waals surface area (Å²) in [5, 5.41) is 9.30. The molecule has 0 atom stereocenters. The molecular formula is C18H15ClN4O4. The SMILES string of the molecule is COc1ccc(NC(=O)c2ccnc(C(=O)Nc3cc(C)on3)c2)cc1Cl. The number of rotatable bonds is 5. The molecule has 0 radical (unpaired) electrons. The van der Waals surface area contributed by atoms with Gasteiger partial charge in [-0.3, -0.25) is 14.6 Å². The van der Waals surface area contributed by atoms with Gasteiger partial charge >= 0.3 is 0 Å². The van der Waals surface area contributed by atoms with Crippen molar-refractivity contribution in [2.24, 2.45) is 0 Å². The lowest BCUT2D eigenvalue weighted by atomic mass is 10.2. The van der Waals surface area contributed by atoms with Gasteiger partial charge in [0, 0.05) is 23.5 Å². The Kier molecular flexibility index (Phi) is 5.37. The van der Waals surface area contributed by atoms with Gasteiger partial charge in [0.15, 0.2) is 5.82 Å². The number of aryl methyl sites for hydroxylation is 1. The third kappa shape index (κ3) is 4.42. The van der Waals surface area contributed by atoms with Crippen molar-refractivity contribution < 1.29 is 18.8 Å². The fourth-order valence-electron chi connectivity index (χ4n) is 2.25. The second-order valence-electron chi connectivity index (χ2n) is 5.51. The zero-order chi connectivity index (χ0) is 19.4. The van der Waals surface area contributed by atoms with E-state index in [2.05, 4.69) is 20.8 Å². The number of hydrogen-bond acceptors (Lipinski definition) is 6. The van der Waals surface area contributed by atoms with E-state index in [0.29, 0.717) is 22.2 Å². The molecule has 1 aromatic carbocycles. The van der Waals surface area contributed by atoms with E-state index >= 15 is 0 Å². The number of amides is 2. The number of ether oxygens (including phenoxy) is 1. The molecule has 138 valence electrons. The standard InChI is InChI=1S/C18H15ClN4O4/c1-10-7-16(23-27-10)22-18(25)14-8-11(5-6-20-14)17(24)21-12-3-4-15(26-2)13(19)9-12/h3-9H,1-2H3,(H,21,24)(H,22,23,25). The Morgan fingerprint density at radius 3 is 2.59 bits per heavy atom. The molecule has 0 saturated heterocycles. The van der Waals surface area contributed by atoms with Crippen LogP contribution in [0.15, 0.2) is 47.1 Å². The van der Waals surface area contributed by atoms with Gasteiger partial charge in [-0.1, -0.05) is 16.8 Å². The van der Waals surface area contributed by atoms with Gasteiger partial charge in [0.1, 0.15) is 17.2 Å². The first-order valence-electron chi connectivity index (χ1n) is 7.82. The monoisotopic (exact) mass is 386 g/mol. The molecular weight excluding hydrogens is 372 g/mol. The molecule has 0 unspecified atom stereocenters. The molecule has 2 aromatic heterocycles. The zero-order valence-corrected chi connectivity index (χ0v) is 15.2. The lowest BCUT2D eigenvalue weighted by molar-refractivity contribution is 0.102. The molecule has 3 aromatic rings. The van der Waals surface area contributed by atoms with Gasteiger partial charge in [-0.2, -0.15) is 0 Å². The summed E-state index contributed by atoms with van der Waals surface area (Å²) in [6, 6.07) is 9.32. The molecule has 8 nitrogen and oxygen atoms in total. The van der Waals surface area contributed by atoms with Crippen LogP contribution in [0.4, 0.5) is 11.5 Å². The highest BCUT2D eigenvalue weighted by atomic mass is 35.5. The molecule has 9 heteroatoms. The van der Waals surface area contributed by atoms with Crippen LogP contribution in [0.25, 0.3) is 0 Å². The third-order valence-electron chi connectivity index (χ3n) is 3.53. The van der Waals surface area contributed by atoms with E-state index in [0.717, 1.165) is 0 Å². The maximum absolute atomic E-state index is 12.4. The average molecular weight is 387 g/mol. The first-order valence-corrected chi connectivity index (χ1v) is 8.19. The molecule has 0 fully saturated rings. The van der Waals surface area contributed by atoms with Crippen LogP contribution in [0.5, 0.6) is 5.75 Å². The van der Waals surface area contributed by atoms with E-state index in [1.807, 2.05) is 0 Å². The first kappa shape index (κ1) is 18.4. The fraction of sp³-hybridized carbons (Fsp3) is 0.111. The van der Waals surface area contributed by atoms with Gasteiger partial charge in [0.25, 0.3) is 11.8 Å². The lowest BCUT2D eigenvalue weighted by Crippen LogP contribution is -2.17. The number of carbonyl (C=O) groups is 2. The topological polar surface area (TPSA) is 106 Å². The Morgan fingerprint density at radius 1 is 1.11 bits per heavy atom. The summed E-state index contributed by atoms with van der Waals surface area (Å²) < 4.78 is 9.96. The highest BCUT2D eigenvalue weighted by Crippen LogP contribution is 2.27. The Morgan fingerprint density at radius 2 is 1.93 bits per heavy atom. The zero-order valence-electron chi connectivity index (χ0n) is 14.4. The van der Waals surface area contributed by atoms with E-state index in [1.54, 1.807) is 31.2 Å². The van der Waals surface area contributed by atoms with Crippen molar-refractivity contribution in [1.29, 1.82) is 0 Å². The molecule has 0 aliphatic carbocycles. The Balaban J connectivity index is 1.73. The minimum atomic E-state index is -0.509. The summed E-state index contributed by atoms with van der Waals surface area (Å²) >= 11 is 6.05. The summed E-state index contributed by atoms with van der Waals surface area (Å²) in [5.41, 5.74) is 0.821. The maximum atomic E-state index is 12.4. The normalized spacial score (nSPS) is 10.3. The van der Waals surface area contributed by atoms with Crippen LogP contribution in [-0.4, -0.2) is 29.1 Å². The van der Waals surface area contributed by atoms with E-state index < -0.39 is 11.8 Å². The average Bonchev–Trinajstić information content (AvgIpc) is 3.06. The van der Waals surface area contributed by atoms with Gasteiger partial charge in [-0.05, 0) is 37.3 Å². The van der Waals surface area contributed by atoms with Crippen LogP contribution in [0.3, 0.4) is 0 Å². The van der Waals surface area contributed by atoms with Crippen LogP contribution >= 0.6 is 11.6 Å². The minimum absolute atomic E-state index is 0.0658. The molecule has 3 rings (SSSR count). The summed E-state index contributed by atoms with van der Waals surface area (Å²) in [7, 11) is 1.50. The minimum Gasteiger partial charge on any atom is -0.495 e. The molecule has 0 aliphatic rings. The Labute approximate surface area is 159 Å². The second-order valence-corrected chi connectivity index (χ2v) is 5.92. The maximum Gasteiger partial charge on any atom is 0.275 e. The van der Waals surface area contributed by atoms with Crippen molar-refractivity contribution in [1.82, 2.24) is 10.1 Å². The number of nitrogens with zero attached hydrogens (tertiary/aromatic N) is 2. The fourth-order valence-corrected chi connectivity index (χ4v) is 2.51. The number of anilines is 2. The van der Waals surface area contributed by atoms with Gasteiger partial charge in [-0.15, -0.1) is 0 Å². The van der Waals surface area contributed by atoms with E-state index in [-0.39, 0.29) is 17.1 Å². The first-order chi connectivity index (χ1) is 13.0. The number of carbonyl (C=O) groups excluding carboxylic acids is 2. The summed E-state index contributed by atoms with van der Waals surface area (Å²) in [4.78, 5) is 28.7. The summed E-state index contributed by atoms with van der Waals surface area (Å²) in [5.74, 6) is 0.405. The molecule has 0 bridgehead atoms. The molecule has 2 amide bonds. The number of nitrogens with one attached hydrogen (secondary N) is 2. The number of methoxy groups -OCH3 is 1. The largest absolute Gasteiger partial charge is 0.495 e. The molecule has 0 aliphatic heterocycles. The predicted molar refractivity (Wildman–Crippen MR) is 99.4 cm³/mol. The number of halogens is 1. The van der Waals surface area contributed by atoms with Gasteiger partial charge < -0.3 is 19.9 Å².